The van der Waals surface area contributed by atoms with Crippen LogP contribution < -0.4 is 10.1 Å². The van der Waals surface area contributed by atoms with Crippen molar-refractivity contribution in [2.45, 2.75) is 32.0 Å². The van der Waals surface area contributed by atoms with Gasteiger partial charge in [-0.3, -0.25) is 4.79 Å². The molecule has 0 aliphatic heterocycles. The lowest BCUT2D eigenvalue weighted by Gasteiger charge is -2.17. The van der Waals surface area contributed by atoms with Crippen molar-refractivity contribution in [1.82, 2.24) is 5.32 Å². The maximum Gasteiger partial charge on any atom is 0.417 e. The van der Waals surface area contributed by atoms with Gasteiger partial charge in [0.1, 0.15) is 5.75 Å². The molecule has 4 aromatic carbocycles. The number of alkyl halides is 3. The normalized spacial score (nSPS) is 11.6. The molecular weight excluding hydrogens is 515 g/mol. The minimum atomic E-state index is -4.51. The van der Waals surface area contributed by atoms with Gasteiger partial charge in [-0.25, -0.2) is 0 Å². The van der Waals surface area contributed by atoms with E-state index >= 15 is 0 Å². The van der Waals surface area contributed by atoms with Gasteiger partial charge in [-0.1, -0.05) is 72.3 Å². The second-order valence-electron chi connectivity index (χ2n) is 8.97. The molecular formula is C30H27ClF3NO3. The zero-order chi connectivity index (χ0) is 27.1. The van der Waals surface area contributed by atoms with Gasteiger partial charge < -0.3 is 15.2 Å². The SMILES string of the molecule is O=C(O)Cc1cccc(OCCCNCc2c(Cc3cccc(C(F)(F)F)c3Cl)ccc3ccccc23)c1. The Morgan fingerprint density at radius 3 is 2.53 bits per heavy atom. The lowest BCUT2D eigenvalue weighted by atomic mass is 9.93. The molecule has 0 heterocycles. The van der Waals surface area contributed by atoms with Crippen molar-refractivity contribution < 1.29 is 27.8 Å². The topological polar surface area (TPSA) is 58.6 Å². The van der Waals surface area contributed by atoms with E-state index in [0.29, 0.717) is 43.0 Å². The number of carboxylic acids is 1. The molecule has 4 rings (SSSR count). The Balaban J connectivity index is 1.42. The van der Waals surface area contributed by atoms with Gasteiger partial charge in [0.15, 0.2) is 0 Å². The van der Waals surface area contributed by atoms with Crippen LogP contribution in [0.5, 0.6) is 5.75 Å². The Labute approximate surface area is 224 Å². The summed E-state index contributed by atoms with van der Waals surface area (Å²) in [6.07, 6.45) is -3.58. The minimum Gasteiger partial charge on any atom is -0.494 e. The molecule has 8 heteroatoms. The highest BCUT2D eigenvalue weighted by Gasteiger charge is 2.33. The van der Waals surface area contributed by atoms with Gasteiger partial charge in [-0.15, -0.1) is 0 Å². The monoisotopic (exact) mass is 541 g/mol. The van der Waals surface area contributed by atoms with Crippen LogP contribution >= 0.6 is 11.6 Å². The average molecular weight is 542 g/mol. The first kappa shape index (κ1) is 27.5. The van der Waals surface area contributed by atoms with Crippen LogP contribution in [0.3, 0.4) is 0 Å². The van der Waals surface area contributed by atoms with Crippen molar-refractivity contribution in [3.8, 4) is 5.75 Å². The van der Waals surface area contributed by atoms with Crippen molar-refractivity contribution >= 4 is 28.3 Å². The number of benzene rings is 4. The van der Waals surface area contributed by atoms with Gasteiger partial charge in [0, 0.05) is 6.54 Å². The first-order valence-electron chi connectivity index (χ1n) is 12.2. The van der Waals surface area contributed by atoms with Gasteiger partial charge in [0.05, 0.1) is 23.6 Å². The Morgan fingerprint density at radius 2 is 1.74 bits per heavy atom. The summed E-state index contributed by atoms with van der Waals surface area (Å²) in [6, 6.07) is 22.9. The zero-order valence-corrected chi connectivity index (χ0v) is 21.3. The second kappa shape index (κ2) is 12.3. The molecule has 0 atom stereocenters. The Hall–Kier alpha value is -3.55. The number of carbonyl (C=O) groups is 1. The van der Waals surface area contributed by atoms with E-state index in [0.717, 1.165) is 28.0 Å². The number of fused-ring (bicyclic) bond motifs is 1. The summed E-state index contributed by atoms with van der Waals surface area (Å²) in [5.74, 6) is -0.271. The highest BCUT2D eigenvalue weighted by Crippen LogP contribution is 2.37. The number of halogens is 4. The van der Waals surface area contributed by atoms with E-state index in [1.165, 1.54) is 6.07 Å². The van der Waals surface area contributed by atoms with Crippen LogP contribution in [0.15, 0.2) is 78.9 Å². The molecule has 2 N–H and O–H groups in total. The van der Waals surface area contributed by atoms with Crippen LogP contribution in [0.4, 0.5) is 13.2 Å². The standard InChI is InChI=1S/C30H27ClF3NO3/c31-29-23(8-4-11-27(29)30(32,33)34)18-22-13-12-21-7-1-2-10-25(21)26(22)19-35-14-5-15-38-24-9-3-6-20(16-24)17-28(36)37/h1-4,6-13,16,35H,5,14-15,17-19H2,(H,36,37). The number of carboxylic acid groups (broad SMARTS) is 1. The quantitative estimate of drug-likeness (QED) is 0.196. The number of hydrogen-bond donors (Lipinski definition) is 2. The van der Waals surface area contributed by atoms with Gasteiger partial charge >= 0.3 is 12.1 Å². The number of aliphatic carboxylic acids is 1. The van der Waals surface area contributed by atoms with E-state index in [9.17, 15) is 18.0 Å². The third-order valence-corrected chi connectivity index (χ3v) is 6.67. The predicted octanol–water partition coefficient (Wildman–Crippen LogP) is 7.29. The summed E-state index contributed by atoms with van der Waals surface area (Å²) in [4.78, 5) is 10.9. The van der Waals surface area contributed by atoms with E-state index in [4.69, 9.17) is 21.4 Å². The molecule has 0 amide bonds. The number of hydrogen-bond acceptors (Lipinski definition) is 3. The van der Waals surface area contributed by atoms with Crippen molar-refractivity contribution in [2.75, 3.05) is 13.2 Å². The molecule has 0 bridgehead atoms. The maximum absolute atomic E-state index is 13.4. The molecule has 0 fully saturated rings. The van der Waals surface area contributed by atoms with E-state index in [1.807, 2.05) is 36.4 Å². The summed E-state index contributed by atoms with van der Waals surface area (Å²) in [5.41, 5.74) is 2.20. The lowest BCUT2D eigenvalue weighted by molar-refractivity contribution is -0.138. The molecule has 0 spiro atoms. The Morgan fingerprint density at radius 1 is 0.947 bits per heavy atom. The molecule has 0 saturated carbocycles. The highest BCUT2D eigenvalue weighted by molar-refractivity contribution is 6.32. The number of ether oxygens (including phenoxy) is 1. The Kier molecular flexibility index (Phi) is 8.92. The molecule has 198 valence electrons. The summed E-state index contributed by atoms with van der Waals surface area (Å²) in [6.45, 7) is 1.63. The predicted molar refractivity (Wildman–Crippen MR) is 143 cm³/mol. The fourth-order valence-electron chi connectivity index (χ4n) is 4.42. The van der Waals surface area contributed by atoms with Crippen LogP contribution in [0.1, 0.15) is 34.2 Å². The fourth-order valence-corrected chi connectivity index (χ4v) is 4.72. The van der Waals surface area contributed by atoms with Gasteiger partial charge in [0.25, 0.3) is 0 Å². The summed E-state index contributed by atoms with van der Waals surface area (Å²) in [5, 5.41) is 14.2. The van der Waals surface area contributed by atoms with Gasteiger partial charge in [0.2, 0.25) is 0 Å². The molecule has 4 aromatic rings. The smallest absolute Gasteiger partial charge is 0.417 e. The zero-order valence-electron chi connectivity index (χ0n) is 20.5. The third kappa shape index (κ3) is 7.05. The van der Waals surface area contributed by atoms with E-state index < -0.39 is 17.7 Å². The largest absolute Gasteiger partial charge is 0.494 e. The van der Waals surface area contributed by atoms with Crippen molar-refractivity contribution in [3.63, 3.8) is 0 Å². The number of nitrogens with one attached hydrogen (secondary N) is 1. The van der Waals surface area contributed by atoms with E-state index in [-0.39, 0.29) is 17.9 Å². The third-order valence-electron chi connectivity index (χ3n) is 6.22. The van der Waals surface area contributed by atoms with E-state index in [2.05, 4.69) is 5.32 Å². The highest BCUT2D eigenvalue weighted by atomic mass is 35.5. The fraction of sp³-hybridized carbons (Fsp3) is 0.233. The summed E-state index contributed by atoms with van der Waals surface area (Å²) >= 11 is 6.18. The van der Waals surface area contributed by atoms with Gasteiger partial charge in [-0.05, 0) is 70.6 Å². The van der Waals surface area contributed by atoms with Crippen molar-refractivity contribution in [2.24, 2.45) is 0 Å². The first-order valence-corrected chi connectivity index (χ1v) is 12.6. The summed E-state index contributed by atoms with van der Waals surface area (Å²) in [7, 11) is 0. The molecule has 4 nitrogen and oxygen atoms in total. The second-order valence-corrected chi connectivity index (χ2v) is 9.35. The number of rotatable bonds is 11. The lowest BCUT2D eigenvalue weighted by Crippen LogP contribution is -2.18. The molecule has 38 heavy (non-hydrogen) atoms. The van der Waals surface area contributed by atoms with E-state index in [1.54, 1.807) is 30.3 Å². The molecule has 0 aliphatic rings. The molecule has 0 unspecified atom stereocenters. The average Bonchev–Trinajstić information content (AvgIpc) is 2.87. The van der Waals surface area contributed by atoms with Crippen LogP contribution in [-0.2, 0) is 30.4 Å². The van der Waals surface area contributed by atoms with Crippen LogP contribution in [-0.4, -0.2) is 24.2 Å². The van der Waals surface area contributed by atoms with Crippen molar-refractivity contribution in [1.29, 1.82) is 0 Å². The van der Waals surface area contributed by atoms with Crippen LogP contribution in [0.2, 0.25) is 5.02 Å². The molecule has 0 saturated heterocycles. The van der Waals surface area contributed by atoms with Crippen LogP contribution in [0, 0.1) is 0 Å². The molecule has 0 aromatic heterocycles. The first-order chi connectivity index (χ1) is 18.2. The van der Waals surface area contributed by atoms with Gasteiger partial charge in [-0.2, -0.15) is 13.2 Å². The molecule has 0 radical (unpaired) electrons. The summed E-state index contributed by atoms with van der Waals surface area (Å²) < 4.78 is 45.9. The minimum absolute atomic E-state index is 0.0577. The Bertz CT molecular complexity index is 1420. The van der Waals surface area contributed by atoms with Crippen LogP contribution in [0.25, 0.3) is 10.8 Å². The molecule has 0 aliphatic carbocycles. The maximum atomic E-state index is 13.4. The van der Waals surface area contributed by atoms with Crippen molar-refractivity contribution in [3.05, 3.63) is 112 Å².